The number of urea groups is 1. The van der Waals surface area contributed by atoms with Crippen molar-refractivity contribution >= 4 is 11.7 Å². The van der Waals surface area contributed by atoms with Crippen LogP contribution in [-0.2, 0) is 18.0 Å². The number of nitrogens with zero attached hydrogens (tertiary/aromatic N) is 2. The number of carbonyl (C=O) groups is 1. The smallest absolute Gasteiger partial charge is 0.319 e. The Hall–Kier alpha value is -2.41. The van der Waals surface area contributed by atoms with Gasteiger partial charge in [0.2, 0.25) is 0 Å². The molecule has 0 saturated carbocycles. The lowest BCUT2D eigenvalue weighted by molar-refractivity contribution is 0.0938. The fourth-order valence-electron chi connectivity index (χ4n) is 4.67. The van der Waals surface area contributed by atoms with Crippen molar-refractivity contribution in [2.45, 2.75) is 51.0 Å². The van der Waals surface area contributed by atoms with Crippen LogP contribution in [0.5, 0.6) is 0 Å². The molecule has 2 N–H and O–H groups in total. The predicted molar refractivity (Wildman–Crippen MR) is 129 cm³/mol. The van der Waals surface area contributed by atoms with Crippen LogP contribution < -0.4 is 10.6 Å². The number of amides is 2. The van der Waals surface area contributed by atoms with E-state index in [0.717, 1.165) is 43.2 Å². The van der Waals surface area contributed by atoms with E-state index in [1.165, 1.54) is 31.5 Å². The van der Waals surface area contributed by atoms with Gasteiger partial charge in [-0.1, -0.05) is 42.5 Å². The van der Waals surface area contributed by atoms with Gasteiger partial charge in [-0.2, -0.15) is 0 Å². The van der Waals surface area contributed by atoms with E-state index < -0.39 is 0 Å². The lowest BCUT2D eigenvalue weighted by atomic mass is 9.98. The van der Waals surface area contributed by atoms with Crippen LogP contribution >= 0.6 is 0 Å². The summed E-state index contributed by atoms with van der Waals surface area (Å²) in [7, 11) is 2.21. The summed E-state index contributed by atoms with van der Waals surface area (Å²) in [4.78, 5) is 17.5. The van der Waals surface area contributed by atoms with Crippen molar-refractivity contribution in [2.24, 2.45) is 0 Å². The van der Waals surface area contributed by atoms with Crippen molar-refractivity contribution in [1.29, 1.82) is 0 Å². The van der Waals surface area contributed by atoms with E-state index in [2.05, 4.69) is 39.6 Å². The lowest BCUT2D eigenvalue weighted by Gasteiger charge is -2.41. The Balaban J connectivity index is 1.14. The number of ether oxygens (including phenoxy) is 1. The van der Waals surface area contributed by atoms with Crippen LogP contribution in [-0.4, -0.2) is 61.1 Å². The van der Waals surface area contributed by atoms with Crippen molar-refractivity contribution in [3.8, 4) is 0 Å². The number of likely N-dealkylation sites (tertiary alicyclic amines) is 2. The number of hydrogen-bond acceptors (Lipinski definition) is 4. The van der Waals surface area contributed by atoms with E-state index in [0.29, 0.717) is 13.2 Å². The summed E-state index contributed by atoms with van der Waals surface area (Å²) >= 11 is 0. The molecule has 172 valence electrons. The zero-order valence-electron chi connectivity index (χ0n) is 19.1. The fourth-order valence-corrected chi connectivity index (χ4v) is 4.67. The number of benzene rings is 2. The van der Waals surface area contributed by atoms with E-state index in [1.807, 2.05) is 42.5 Å². The highest BCUT2D eigenvalue weighted by Gasteiger charge is 2.27. The maximum Gasteiger partial charge on any atom is 0.319 e. The number of piperidine rings is 2. The summed E-state index contributed by atoms with van der Waals surface area (Å²) in [5.41, 5.74) is 3.06. The molecule has 0 atom stereocenters. The third-order valence-electron chi connectivity index (χ3n) is 6.66. The quantitative estimate of drug-likeness (QED) is 0.687. The summed E-state index contributed by atoms with van der Waals surface area (Å²) < 4.78 is 5.78. The zero-order valence-corrected chi connectivity index (χ0v) is 19.1. The Labute approximate surface area is 191 Å². The lowest BCUT2D eigenvalue weighted by Crippen LogP contribution is -2.51. The van der Waals surface area contributed by atoms with Crippen LogP contribution in [0, 0.1) is 0 Å². The molecule has 2 fully saturated rings. The Bertz CT molecular complexity index is 827. The summed E-state index contributed by atoms with van der Waals surface area (Å²) in [5, 5.41) is 6.12. The summed E-state index contributed by atoms with van der Waals surface area (Å²) in [6.07, 6.45) is 4.58. The first-order valence-electron chi connectivity index (χ1n) is 11.9. The van der Waals surface area contributed by atoms with Crippen molar-refractivity contribution in [2.75, 3.05) is 38.5 Å². The third-order valence-corrected chi connectivity index (χ3v) is 6.66. The fraction of sp³-hybridized carbons (Fsp3) is 0.500. The molecule has 0 aliphatic carbocycles. The standard InChI is InChI=1S/C26H36N4O2/c1-29-15-13-25(14-16-29)30-17-11-24(12-18-30)28-26(31)27-23-9-7-22(8-10-23)20-32-19-21-5-3-2-4-6-21/h2-10,24-25H,11-20H2,1H3,(H2,27,28,31). The number of nitrogens with one attached hydrogen (secondary N) is 2. The van der Waals surface area contributed by atoms with Crippen molar-refractivity contribution in [3.05, 3.63) is 65.7 Å². The molecule has 0 unspecified atom stereocenters. The Morgan fingerprint density at radius 2 is 1.50 bits per heavy atom. The highest BCUT2D eigenvalue weighted by atomic mass is 16.5. The molecular weight excluding hydrogens is 400 g/mol. The van der Waals surface area contributed by atoms with Gasteiger partial charge in [-0.3, -0.25) is 0 Å². The van der Waals surface area contributed by atoms with Gasteiger partial charge in [0, 0.05) is 30.9 Å². The molecule has 2 aromatic carbocycles. The largest absolute Gasteiger partial charge is 0.372 e. The molecule has 6 nitrogen and oxygen atoms in total. The number of hydrogen-bond donors (Lipinski definition) is 2. The van der Waals surface area contributed by atoms with Gasteiger partial charge in [0.1, 0.15) is 0 Å². The first kappa shape index (κ1) is 22.8. The molecule has 0 radical (unpaired) electrons. The zero-order chi connectivity index (χ0) is 22.2. The molecular formula is C26H36N4O2. The van der Waals surface area contributed by atoms with E-state index >= 15 is 0 Å². The molecule has 6 heteroatoms. The van der Waals surface area contributed by atoms with Crippen LogP contribution in [0.1, 0.15) is 36.8 Å². The van der Waals surface area contributed by atoms with Gasteiger partial charge < -0.3 is 25.2 Å². The maximum absolute atomic E-state index is 12.4. The first-order chi connectivity index (χ1) is 15.7. The molecule has 2 aliphatic rings. The normalized spacial score (nSPS) is 19.0. The Kier molecular flexibility index (Phi) is 8.15. The molecule has 0 spiro atoms. The second kappa shape index (κ2) is 11.5. The molecule has 0 aromatic heterocycles. The second-order valence-corrected chi connectivity index (χ2v) is 9.12. The van der Waals surface area contributed by atoms with Gasteiger partial charge >= 0.3 is 6.03 Å². The minimum absolute atomic E-state index is 0.115. The summed E-state index contributed by atoms with van der Waals surface area (Å²) in [6.45, 7) is 5.71. The van der Waals surface area contributed by atoms with Crippen LogP contribution in [0.15, 0.2) is 54.6 Å². The topological polar surface area (TPSA) is 56.8 Å². The maximum atomic E-state index is 12.4. The Morgan fingerprint density at radius 3 is 2.16 bits per heavy atom. The highest BCUT2D eigenvalue weighted by molar-refractivity contribution is 5.89. The van der Waals surface area contributed by atoms with E-state index in [1.54, 1.807) is 0 Å². The average molecular weight is 437 g/mol. The van der Waals surface area contributed by atoms with Gasteiger partial charge in [-0.25, -0.2) is 4.79 Å². The molecule has 2 heterocycles. The predicted octanol–water partition coefficient (Wildman–Crippen LogP) is 4.08. The molecule has 2 aromatic rings. The Morgan fingerprint density at radius 1 is 0.875 bits per heavy atom. The molecule has 2 aliphatic heterocycles. The van der Waals surface area contributed by atoms with Crippen LogP contribution in [0.4, 0.5) is 10.5 Å². The van der Waals surface area contributed by atoms with Crippen LogP contribution in [0.2, 0.25) is 0 Å². The highest BCUT2D eigenvalue weighted by Crippen LogP contribution is 2.21. The van der Waals surface area contributed by atoms with Crippen LogP contribution in [0.3, 0.4) is 0 Å². The number of rotatable bonds is 7. The monoisotopic (exact) mass is 436 g/mol. The number of carbonyl (C=O) groups excluding carboxylic acids is 1. The molecule has 2 saturated heterocycles. The van der Waals surface area contributed by atoms with Crippen molar-refractivity contribution in [3.63, 3.8) is 0 Å². The van der Waals surface area contributed by atoms with Crippen molar-refractivity contribution in [1.82, 2.24) is 15.1 Å². The van der Waals surface area contributed by atoms with Crippen molar-refractivity contribution < 1.29 is 9.53 Å². The second-order valence-electron chi connectivity index (χ2n) is 9.12. The molecule has 4 rings (SSSR count). The minimum atomic E-state index is -0.115. The van der Waals surface area contributed by atoms with E-state index in [-0.39, 0.29) is 12.1 Å². The molecule has 32 heavy (non-hydrogen) atoms. The van der Waals surface area contributed by atoms with Gasteiger partial charge in [-0.15, -0.1) is 0 Å². The van der Waals surface area contributed by atoms with Crippen LogP contribution in [0.25, 0.3) is 0 Å². The average Bonchev–Trinajstić information content (AvgIpc) is 2.82. The molecule has 0 bridgehead atoms. The number of anilines is 1. The minimum Gasteiger partial charge on any atom is -0.372 e. The van der Waals surface area contributed by atoms with Gasteiger partial charge in [0.15, 0.2) is 0 Å². The third kappa shape index (κ3) is 6.79. The van der Waals surface area contributed by atoms with Gasteiger partial charge in [-0.05, 0) is 69.1 Å². The van der Waals surface area contributed by atoms with E-state index in [4.69, 9.17) is 4.74 Å². The van der Waals surface area contributed by atoms with Gasteiger partial charge in [0.25, 0.3) is 0 Å². The first-order valence-corrected chi connectivity index (χ1v) is 11.9. The SMILES string of the molecule is CN1CCC(N2CCC(NC(=O)Nc3ccc(COCc4ccccc4)cc3)CC2)CC1. The molecule has 2 amide bonds. The van der Waals surface area contributed by atoms with Gasteiger partial charge in [0.05, 0.1) is 13.2 Å². The van der Waals surface area contributed by atoms with E-state index in [9.17, 15) is 4.79 Å². The summed E-state index contributed by atoms with van der Waals surface area (Å²) in [6, 6.07) is 18.9. The summed E-state index contributed by atoms with van der Waals surface area (Å²) in [5.74, 6) is 0.